The van der Waals surface area contributed by atoms with Gasteiger partial charge in [-0.25, -0.2) is 13.1 Å². The van der Waals surface area contributed by atoms with Crippen LogP contribution in [0.4, 0.5) is 0 Å². The van der Waals surface area contributed by atoms with Crippen molar-refractivity contribution in [3.8, 4) is 5.75 Å². The fraction of sp³-hybridized carbons (Fsp3) is 0.400. The van der Waals surface area contributed by atoms with Crippen molar-refractivity contribution < 1.29 is 13.2 Å². The molecular formula is C20H26N2O3S. The lowest BCUT2D eigenvalue weighted by Gasteiger charge is -2.32. The minimum atomic E-state index is -3.42. The van der Waals surface area contributed by atoms with Gasteiger partial charge in [0.15, 0.2) is 0 Å². The summed E-state index contributed by atoms with van der Waals surface area (Å²) in [5.41, 5.74) is 0. The fourth-order valence-electron chi connectivity index (χ4n) is 3.16. The summed E-state index contributed by atoms with van der Waals surface area (Å²) in [6.45, 7) is 3.50. The Balaban J connectivity index is 1.36. The number of likely N-dealkylation sites (tertiary alicyclic amines) is 1. The molecule has 5 nitrogen and oxygen atoms in total. The summed E-state index contributed by atoms with van der Waals surface area (Å²) < 4.78 is 33.3. The van der Waals surface area contributed by atoms with E-state index in [1.165, 1.54) is 0 Å². The van der Waals surface area contributed by atoms with Gasteiger partial charge in [0, 0.05) is 12.6 Å². The van der Waals surface area contributed by atoms with Gasteiger partial charge in [-0.1, -0.05) is 36.4 Å². The van der Waals surface area contributed by atoms with Gasteiger partial charge in [-0.2, -0.15) is 0 Å². The number of hydrogen-bond donors (Lipinski definition) is 1. The molecule has 0 unspecified atom stereocenters. The first-order valence-corrected chi connectivity index (χ1v) is 10.6. The molecule has 3 rings (SSSR count). The number of rotatable bonds is 8. The summed E-state index contributed by atoms with van der Waals surface area (Å²) in [7, 11) is -3.42. The number of para-hydroxylation sites is 1. The summed E-state index contributed by atoms with van der Waals surface area (Å²) in [5.74, 6) is 0.904. The van der Waals surface area contributed by atoms with E-state index in [0.717, 1.165) is 44.6 Å². The fourth-order valence-corrected chi connectivity index (χ4v) is 4.48. The van der Waals surface area contributed by atoms with E-state index in [1.54, 1.807) is 24.3 Å². The number of hydrogen-bond acceptors (Lipinski definition) is 4. The highest BCUT2D eigenvalue weighted by Crippen LogP contribution is 2.15. The van der Waals surface area contributed by atoms with Gasteiger partial charge in [0.1, 0.15) is 5.75 Å². The molecule has 0 aromatic heterocycles. The second kappa shape index (κ2) is 9.16. The van der Waals surface area contributed by atoms with Gasteiger partial charge in [-0.3, -0.25) is 0 Å². The van der Waals surface area contributed by atoms with Crippen LogP contribution in [0.1, 0.15) is 19.3 Å². The number of benzene rings is 2. The van der Waals surface area contributed by atoms with Crippen LogP contribution in [0.25, 0.3) is 0 Å². The highest BCUT2D eigenvalue weighted by Gasteiger charge is 2.24. The van der Waals surface area contributed by atoms with Crippen LogP contribution >= 0.6 is 0 Å². The zero-order valence-electron chi connectivity index (χ0n) is 14.9. The predicted molar refractivity (Wildman–Crippen MR) is 103 cm³/mol. The van der Waals surface area contributed by atoms with Gasteiger partial charge in [-0.05, 0) is 56.6 Å². The molecule has 1 aliphatic heterocycles. The zero-order valence-corrected chi connectivity index (χ0v) is 15.7. The smallest absolute Gasteiger partial charge is 0.240 e. The number of piperidine rings is 1. The van der Waals surface area contributed by atoms with E-state index in [9.17, 15) is 8.42 Å². The van der Waals surface area contributed by atoms with Crippen molar-refractivity contribution in [1.29, 1.82) is 0 Å². The second-order valence-electron chi connectivity index (χ2n) is 6.57. The molecular weight excluding hydrogens is 348 g/mol. The van der Waals surface area contributed by atoms with Crippen LogP contribution in [0, 0.1) is 0 Å². The molecule has 1 fully saturated rings. The number of ether oxygens (including phenoxy) is 1. The van der Waals surface area contributed by atoms with Crippen molar-refractivity contribution >= 4 is 10.0 Å². The van der Waals surface area contributed by atoms with E-state index >= 15 is 0 Å². The monoisotopic (exact) mass is 374 g/mol. The third-order valence-corrected chi connectivity index (χ3v) is 6.13. The summed E-state index contributed by atoms with van der Waals surface area (Å²) in [4.78, 5) is 2.71. The van der Waals surface area contributed by atoms with E-state index in [0.29, 0.717) is 11.5 Å². The van der Waals surface area contributed by atoms with E-state index < -0.39 is 10.0 Å². The molecule has 0 atom stereocenters. The lowest BCUT2D eigenvalue weighted by molar-refractivity contribution is 0.189. The molecule has 1 aliphatic rings. The number of nitrogens with one attached hydrogen (secondary N) is 1. The molecule has 0 saturated carbocycles. The van der Waals surface area contributed by atoms with Gasteiger partial charge < -0.3 is 9.64 Å². The molecule has 26 heavy (non-hydrogen) atoms. The molecule has 0 amide bonds. The Hall–Kier alpha value is -1.89. The number of nitrogens with zero attached hydrogens (tertiary/aromatic N) is 1. The Labute approximate surface area is 156 Å². The summed E-state index contributed by atoms with van der Waals surface area (Å²) >= 11 is 0. The van der Waals surface area contributed by atoms with Crippen molar-refractivity contribution in [2.45, 2.75) is 30.2 Å². The summed E-state index contributed by atoms with van der Waals surface area (Å²) in [6, 6.07) is 18.4. The first-order chi connectivity index (χ1) is 12.6. The maximum atomic E-state index is 12.4. The lowest BCUT2D eigenvalue weighted by Crippen LogP contribution is -2.44. The van der Waals surface area contributed by atoms with Crippen LogP contribution in [0.5, 0.6) is 5.75 Å². The molecule has 0 bridgehead atoms. The minimum absolute atomic E-state index is 0.0111. The molecule has 2 aromatic carbocycles. The normalized spacial score (nSPS) is 16.5. The van der Waals surface area contributed by atoms with Gasteiger partial charge in [0.25, 0.3) is 0 Å². The molecule has 0 radical (unpaired) electrons. The van der Waals surface area contributed by atoms with Crippen molar-refractivity contribution in [2.24, 2.45) is 0 Å². The minimum Gasteiger partial charge on any atom is -0.494 e. The van der Waals surface area contributed by atoms with Crippen molar-refractivity contribution in [2.75, 3.05) is 26.2 Å². The van der Waals surface area contributed by atoms with Gasteiger partial charge in [-0.15, -0.1) is 0 Å². The van der Waals surface area contributed by atoms with Crippen molar-refractivity contribution in [3.05, 3.63) is 60.7 Å². The second-order valence-corrected chi connectivity index (χ2v) is 8.28. The lowest BCUT2D eigenvalue weighted by atomic mass is 10.1. The summed E-state index contributed by atoms with van der Waals surface area (Å²) in [5, 5.41) is 0. The van der Waals surface area contributed by atoms with Crippen LogP contribution in [0.3, 0.4) is 0 Å². The SMILES string of the molecule is O=S(=O)(NC1CCN(CCCOc2ccccc2)CC1)c1ccccc1. The van der Waals surface area contributed by atoms with Crippen molar-refractivity contribution in [3.63, 3.8) is 0 Å². The van der Waals surface area contributed by atoms with Gasteiger partial charge in [0.05, 0.1) is 11.5 Å². The average molecular weight is 375 g/mol. The topological polar surface area (TPSA) is 58.6 Å². The Kier molecular flexibility index (Phi) is 6.66. The molecule has 6 heteroatoms. The summed E-state index contributed by atoms with van der Waals surface area (Å²) in [6.07, 6.45) is 2.65. The maximum Gasteiger partial charge on any atom is 0.240 e. The molecule has 1 N–H and O–H groups in total. The Bertz CT molecular complexity index is 758. The Morgan fingerprint density at radius 1 is 0.962 bits per heavy atom. The first kappa shape index (κ1) is 18.9. The van der Waals surface area contributed by atoms with Crippen molar-refractivity contribution in [1.82, 2.24) is 9.62 Å². The van der Waals surface area contributed by atoms with E-state index in [1.807, 2.05) is 36.4 Å². The standard InChI is InChI=1S/C20H26N2O3S/c23-26(24,20-10-5-2-6-11-20)21-18-12-15-22(16-13-18)14-7-17-25-19-8-3-1-4-9-19/h1-6,8-11,18,21H,7,12-17H2. The third-order valence-electron chi connectivity index (χ3n) is 4.59. The van der Waals surface area contributed by atoms with Crippen LogP contribution in [0.15, 0.2) is 65.6 Å². The van der Waals surface area contributed by atoms with Crippen LogP contribution in [-0.2, 0) is 10.0 Å². The average Bonchev–Trinajstić information content (AvgIpc) is 2.68. The molecule has 1 saturated heterocycles. The van der Waals surface area contributed by atoms with E-state index in [2.05, 4.69) is 9.62 Å². The molecule has 0 aliphatic carbocycles. The quantitative estimate of drug-likeness (QED) is 0.722. The largest absolute Gasteiger partial charge is 0.494 e. The van der Waals surface area contributed by atoms with Crippen LogP contribution in [0.2, 0.25) is 0 Å². The third kappa shape index (κ3) is 5.56. The van der Waals surface area contributed by atoms with Crippen LogP contribution < -0.4 is 9.46 Å². The molecule has 0 spiro atoms. The first-order valence-electron chi connectivity index (χ1n) is 9.11. The van der Waals surface area contributed by atoms with E-state index in [-0.39, 0.29) is 6.04 Å². The van der Waals surface area contributed by atoms with Gasteiger partial charge >= 0.3 is 0 Å². The molecule has 140 valence electrons. The molecule has 1 heterocycles. The zero-order chi connectivity index (χ0) is 18.2. The Morgan fingerprint density at radius 2 is 1.58 bits per heavy atom. The Morgan fingerprint density at radius 3 is 2.23 bits per heavy atom. The highest BCUT2D eigenvalue weighted by molar-refractivity contribution is 7.89. The predicted octanol–water partition coefficient (Wildman–Crippen LogP) is 2.90. The number of sulfonamides is 1. The van der Waals surface area contributed by atoms with Gasteiger partial charge in [0.2, 0.25) is 10.0 Å². The van der Waals surface area contributed by atoms with Crippen LogP contribution in [-0.4, -0.2) is 45.6 Å². The van der Waals surface area contributed by atoms with E-state index in [4.69, 9.17) is 4.74 Å². The highest BCUT2D eigenvalue weighted by atomic mass is 32.2. The molecule has 2 aromatic rings. The maximum absolute atomic E-state index is 12.4.